The molecular formula is C31H28BrN5O5. The number of fused-ring (bicyclic) bond motifs is 1. The molecule has 2 aliphatic rings. The molecule has 2 N–H and O–H groups in total. The fourth-order valence-electron chi connectivity index (χ4n) is 6.64. The molecule has 1 aromatic heterocycles. The molecule has 214 valence electrons. The van der Waals surface area contributed by atoms with Crippen molar-refractivity contribution in [2.45, 2.75) is 12.3 Å². The average Bonchev–Trinajstić information content (AvgIpc) is 3.59. The van der Waals surface area contributed by atoms with Gasteiger partial charge in [0.1, 0.15) is 11.4 Å². The number of hydrogen-bond acceptors (Lipinski definition) is 7. The molecule has 4 aromatic rings. The molecule has 11 heteroatoms. The number of carbonyl (C=O) groups is 2. The van der Waals surface area contributed by atoms with Crippen LogP contribution in [0.25, 0.3) is 10.8 Å². The third-order valence-electron chi connectivity index (χ3n) is 8.53. The van der Waals surface area contributed by atoms with Crippen LogP contribution >= 0.6 is 15.9 Å². The first-order chi connectivity index (χ1) is 20.2. The highest BCUT2D eigenvalue weighted by molar-refractivity contribution is 9.10. The van der Waals surface area contributed by atoms with Crippen LogP contribution in [0.2, 0.25) is 0 Å². The van der Waals surface area contributed by atoms with Crippen LogP contribution in [0.1, 0.15) is 38.6 Å². The molecule has 0 radical (unpaired) electrons. The van der Waals surface area contributed by atoms with Crippen molar-refractivity contribution in [3.63, 3.8) is 0 Å². The summed E-state index contributed by atoms with van der Waals surface area (Å²) in [7, 11) is 1.50. The Balaban J connectivity index is 1.40. The van der Waals surface area contributed by atoms with E-state index in [1.807, 2.05) is 28.0 Å². The smallest absolute Gasteiger partial charge is 0.294 e. The Hall–Kier alpha value is -4.51. The van der Waals surface area contributed by atoms with Crippen LogP contribution < -0.4 is 10.2 Å². The van der Waals surface area contributed by atoms with Gasteiger partial charge in [0.05, 0.1) is 16.1 Å². The van der Waals surface area contributed by atoms with Crippen molar-refractivity contribution in [1.82, 2.24) is 15.2 Å². The standard InChI is InChI=1S/C31H28BrN5O5/c1-33-29(39)24-12-21(32)13-27(37(41)42)28(24)35-10-9-31(17-35)18-36(16-26(31)19-5-3-2-4-6-19)30(40)25-15-34-14-20-11-22(38)7-8-23(20)25/h2-8,11-15,26,38H,9-10,16-18H2,1H3,(H,33,39)/t26-,31+/m1/s1. The summed E-state index contributed by atoms with van der Waals surface area (Å²) in [6.45, 7) is 1.84. The Kier molecular flexibility index (Phi) is 7.05. The summed E-state index contributed by atoms with van der Waals surface area (Å²) in [6.07, 6.45) is 3.86. The number of aromatic hydroxyl groups is 1. The molecule has 42 heavy (non-hydrogen) atoms. The lowest BCUT2D eigenvalue weighted by atomic mass is 9.74. The predicted molar refractivity (Wildman–Crippen MR) is 162 cm³/mol. The van der Waals surface area contributed by atoms with E-state index in [9.17, 15) is 24.8 Å². The normalized spacial score (nSPS) is 19.9. The molecule has 6 rings (SSSR count). The number of pyridine rings is 1. The van der Waals surface area contributed by atoms with Crippen LogP contribution in [0.5, 0.6) is 5.75 Å². The third-order valence-corrected chi connectivity index (χ3v) is 8.99. The molecule has 3 heterocycles. The molecule has 0 aliphatic carbocycles. The maximum Gasteiger partial charge on any atom is 0.294 e. The van der Waals surface area contributed by atoms with Gasteiger partial charge in [-0.1, -0.05) is 46.3 Å². The number of carbonyl (C=O) groups excluding carboxylic acids is 2. The van der Waals surface area contributed by atoms with Crippen LogP contribution in [0.15, 0.2) is 77.5 Å². The van der Waals surface area contributed by atoms with E-state index in [-0.39, 0.29) is 34.5 Å². The number of phenols is 1. The number of anilines is 1. The number of rotatable bonds is 5. The van der Waals surface area contributed by atoms with Gasteiger partial charge in [0.25, 0.3) is 17.5 Å². The average molecular weight is 630 g/mol. The summed E-state index contributed by atoms with van der Waals surface area (Å²) in [5.41, 5.74) is 1.50. The van der Waals surface area contributed by atoms with Gasteiger partial charge in [-0.25, -0.2) is 0 Å². The number of phenolic OH excluding ortho intramolecular Hbond substituents is 1. The number of benzene rings is 3. The second-order valence-electron chi connectivity index (χ2n) is 10.9. The van der Waals surface area contributed by atoms with Gasteiger partial charge in [0.15, 0.2) is 0 Å². The number of aromatic nitrogens is 1. The highest BCUT2D eigenvalue weighted by Crippen LogP contribution is 2.51. The maximum atomic E-state index is 14.0. The molecule has 2 saturated heterocycles. The van der Waals surface area contributed by atoms with E-state index in [0.717, 1.165) is 5.56 Å². The molecule has 0 unspecified atom stereocenters. The first-order valence-corrected chi connectivity index (χ1v) is 14.4. The van der Waals surface area contributed by atoms with Gasteiger partial charge in [-0.3, -0.25) is 24.7 Å². The fourth-order valence-corrected chi connectivity index (χ4v) is 7.08. The van der Waals surface area contributed by atoms with E-state index >= 15 is 0 Å². The Bertz CT molecular complexity index is 1730. The SMILES string of the molecule is CNC(=O)c1cc(Br)cc([N+](=O)[O-])c1N1CC[C@@]2(CN(C(=O)c3cncc4cc(O)ccc34)C[C@@H]2c2ccccc2)C1. The van der Waals surface area contributed by atoms with E-state index in [1.165, 1.54) is 13.1 Å². The molecule has 10 nitrogen and oxygen atoms in total. The molecular weight excluding hydrogens is 602 g/mol. The number of nitro benzene ring substituents is 1. The molecule has 1 spiro atoms. The van der Waals surface area contributed by atoms with Gasteiger partial charge in [0.2, 0.25) is 0 Å². The van der Waals surface area contributed by atoms with Crippen molar-refractivity contribution in [2.24, 2.45) is 5.41 Å². The number of amides is 2. The largest absolute Gasteiger partial charge is 0.508 e. The van der Waals surface area contributed by atoms with Gasteiger partial charge in [-0.2, -0.15) is 0 Å². The summed E-state index contributed by atoms with van der Waals surface area (Å²) in [6, 6.07) is 17.9. The molecule has 2 atom stereocenters. The lowest BCUT2D eigenvalue weighted by Crippen LogP contribution is -2.36. The number of hydrogen-bond donors (Lipinski definition) is 2. The zero-order valence-corrected chi connectivity index (χ0v) is 24.4. The van der Waals surface area contributed by atoms with E-state index in [4.69, 9.17) is 0 Å². The van der Waals surface area contributed by atoms with E-state index in [1.54, 1.807) is 36.7 Å². The molecule has 3 aromatic carbocycles. The van der Waals surface area contributed by atoms with E-state index in [2.05, 4.69) is 38.4 Å². The first kappa shape index (κ1) is 27.6. The van der Waals surface area contributed by atoms with Crippen LogP contribution in [0, 0.1) is 15.5 Å². The Morgan fingerprint density at radius 1 is 1.10 bits per heavy atom. The minimum atomic E-state index is -0.456. The van der Waals surface area contributed by atoms with E-state index < -0.39 is 16.2 Å². The van der Waals surface area contributed by atoms with Crippen LogP contribution in [0.4, 0.5) is 11.4 Å². The zero-order chi connectivity index (χ0) is 29.6. The van der Waals surface area contributed by atoms with Gasteiger partial charge >= 0.3 is 0 Å². The highest BCUT2D eigenvalue weighted by Gasteiger charge is 2.53. The van der Waals surface area contributed by atoms with Crippen molar-refractivity contribution in [1.29, 1.82) is 0 Å². The summed E-state index contributed by atoms with van der Waals surface area (Å²) in [4.78, 5) is 46.7. The second kappa shape index (κ2) is 10.7. The van der Waals surface area contributed by atoms with Crippen LogP contribution in [-0.4, -0.2) is 65.0 Å². The van der Waals surface area contributed by atoms with Gasteiger partial charge in [-0.05, 0) is 41.6 Å². The number of nitro groups is 1. The molecule has 0 saturated carbocycles. The minimum Gasteiger partial charge on any atom is -0.508 e. The van der Waals surface area contributed by atoms with Crippen LogP contribution in [0.3, 0.4) is 0 Å². The van der Waals surface area contributed by atoms with Gasteiger partial charge in [0, 0.05) is 72.9 Å². The first-order valence-electron chi connectivity index (χ1n) is 13.6. The number of likely N-dealkylation sites (tertiary alicyclic amines) is 1. The number of nitrogens with zero attached hydrogens (tertiary/aromatic N) is 4. The predicted octanol–water partition coefficient (Wildman–Crippen LogP) is 5.11. The Morgan fingerprint density at radius 3 is 2.62 bits per heavy atom. The van der Waals surface area contributed by atoms with Crippen molar-refractivity contribution >= 4 is 49.9 Å². The van der Waals surface area contributed by atoms with Crippen LogP contribution in [-0.2, 0) is 0 Å². The van der Waals surface area contributed by atoms with Gasteiger partial charge < -0.3 is 20.2 Å². The van der Waals surface area contributed by atoms with Crippen molar-refractivity contribution in [2.75, 3.05) is 38.1 Å². The molecule has 2 amide bonds. The monoisotopic (exact) mass is 629 g/mol. The zero-order valence-electron chi connectivity index (χ0n) is 22.8. The summed E-state index contributed by atoms with van der Waals surface area (Å²) in [5, 5.41) is 26.1. The maximum absolute atomic E-state index is 14.0. The Labute approximate surface area is 250 Å². The highest BCUT2D eigenvalue weighted by atomic mass is 79.9. The fraction of sp³-hybridized carbons (Fsp3) is 0.258. The third kappa shape index (κ3) is 4.73. The summed E-state index contributed by atoms with van der Waals surface area (Å²) >= 11 is 3.32. The van der Waals surface area contributed by atoms with Crippen molar-refractivity contribution < 1.29 is 19.6 Å². The minimum absolute atomic E-state index is 0.0300. The summed E-state index contributed by atoms with van der Waals surface area (Å²) < 4.78 is 0.447. The Morgan fingerprint density at radius 2 is 1.88 bits per heavy atom. The number of halogens is 1. The molecule has 2 aliphatic heterocycles. The van der Waals surface area contributed by atoms with E-state index in [0.29, 0.717) is 53.4 Å². The molecule has 0 bridgehead atoms. The number of nitrogens with one attached hydrogen (secondary N) is 1. The lowest BCUT2D eigenvalue weighted by Gasteiger charge is -2.31. The van der Waals surface area contributed by atoms with Crippen molar-refractivity contribution in [3.8, 4) is 5.75 Å². The second-order valence-corrected chi connectivity index (χ2v) is 11.8. The summed E-state index contributed by atoms with van der Waals surface area (Å²) in [5.74, 6) is -0.497. The lowest BCUT2D eigenvalue weighted by molar-refractivity contribution is -0.384. The van der Waals surface area contributed by atoms with Gasteiger partial charge in [-0.15, -0.1) is 0 Å². The quantitative estimate of drug-likeness (QED) is 0.232. The topological polar surface area (TPSA) is 129 Å². The molecule has 2 fully saturated rings. The van der Waals surface area contributed by atoms with Crippen molar-refractivity contribution in [3.05, 3.63) is 104 Å².